The van der Waals surface area contributed by atoms with E-state index in [-0.39, 0.29) is 5.54 Å². The second kappa shape index (κ2) is 4.40. The summed E-state index contributed by atoms with van der Waals surface area (Å²) in [7, 11) is 0. The first-order valence-electron chi connectivity index (χ1n) is 5.97. The van der Waals surface area contributed by atoms with Crippen LogP contribution in [-0.4, -0.2) is 53.6 Å². The number of piperazine rings is 1. The van der Waals surface area contributed by atoms with E-state index in [0.717, 1.165) is 32.7 Å². The highest BCUT2D eigenvalue weighted by Crippen LogP contribution is 2.20. The zero-order valence-electron chi connectivity index (χ0n) is 11.0. The maximum atomic E-state index is 5.80. The van der Waals surface area contributed by atoms with Crippen LogP contribution in [-0.2, 0) is 0 Å². The van der Waals surface area contributed by atoms with Gasteiger partial charge in [0.05, 0.1) is 0 Å². The summed E-state index contributed by atoms with van der Waals surface area (Å²) in [6.07, 6.45) is 0. The van der Waals surface area contributed by atoms with E-state index in [1.807, 2.05) is 0 Å². The molecule has 15 heavy (non-hydrogen) atoms. The number of nitrogens with zero attached hydrogens (tertiary/aromatic N) is 2. The fourth-order valence-corrected chi connectivity index (χ4v) is 2.11. The van der Waals surface area contributed by atoms with Gasteiger partial charge >= 0.3 is 0 Å². The number of hydrogen-bond acceptors (Lipinski definition) is 3. The number of hydrogen-bond donors (Lipinski definition) is 1. The molecule has 1 fully saturated rings. The van der Waals surface area contributed by atoms with Gasteiger partial charge in [0, 0.05) is 43.8 Å². The van der Waals surface area contributed by atoms with Gasteiger partial charge in [-0.3, -0.25) is 9.80 Å². The molecule has 1 rings (SSSR count). The summed E-state index contributed by atoms with van der Waals surface area (Å²) in [4.78, 5) is 5.06. The minimum Gasteiger partial charge on any atom is -0.329 e. The molecule has 0 atom stereocenters. The van der Waals surface area contributed by atoms with Crippen LogP contribution in [0.4, 0.5) is 0 Å². The highest BCUT2D eigenvalue weighted by Gasteiger charge is 2.31. The smallest absolute Gasteiger partial charge is 0.0276 e. The molecule has 2 N–H and O–H groups in total. The van der Waals surface area contributed by atoms with Crippen molar-refractivity contribution in [2.24, 2.45) is 5.73 Å². The molecule has 0 aromatic rings. The lowest BCUT2D eigenvalue weighted by molar-refractivity contribution is 0.0177. The van der Waals surface area contributed by atoms with Gasteiger partial charge in [-0.2, -0.15) is 0 Å². The Bertz CT molecular complexity index is 197. The molecule has 3 nitrogen and oxygen atoms in total. The van der Waals surface area contributed by atoms with E-state index in [4.69, 9.17) is 5.73 Å². The summed E-state index contributed by atoms with van der Waals surface area (Å²) < 4.78 is 0. The van der Waals surface area contributed by atoms with E-state index in [1.165, 1.54) is 0 Å². The van der Waals surface area contributed by atoms with Crippen molar-refractivity contribution in [2.45, 2.75) is 45.7 Å². The predicted molar refractivity (Wildman–Crippen MR) is 66.0 cm³/mol. The third-order valence-corrected chi connectivity index (χ3v) is 3.58. The second-order valence-corrected chi connectivity index (χ2v) is 6.16. The van der Waals surface area contributed by atoms with Gasteiger partial charge in [-0.05, 0) is 34.6 Å². The molecule has 0 aromatic carbocycles. The summed E-state index contributed by atoms with van der Waals surface area (Å²) in [5.74, 6) is 0. The lowest BCUT2D eigenvalue weighted by Gasteiger charge is -2.47. The quantitative estimate of drug-likeness (QED) is 0.746. The predicted octanol–water partition coefficient (Wildman–Crippen LogP) is 1.14. The highest BCUT2D eigenvalue weighted by molar-refractivity contribution is 4.89. The molecule has 0 amide bonds. The standard InChI is InChI=1S/C12H27N3/c1-11(2,3)14-6-8-15(9-7-14)12(4,5)10-13/h6-10,13H2,1-5H3. The van der Waals surface area contributed by atoms with Gasteiger partial charge < -0.3 is 5.73 Å². The van der Waals surface area contributed by atoms with E-state index in [2.05, 4.69) is 44.4 Å². The van der Waals surface area contributed by atoms with E-state index in [1.54, 1.807) is 0 Å². The Morgan fingerprint density at radius 1 is 0.867 bits per heavy atom. The van der Waals surface area contributed by atoms with Crippen LogP contribution >= 0.6 is 0 Å². The Labute approximate surface area is 94.6 Å². The van der Waals surface area contributed by atoms with E-state index in [9.17, 15) is 0 Å². The zero-order chi connectivity index (χ0) is 11.7. The minimum absolute atomic E-state index is 0.157. The average molecular weight is 213 g/mol. The third kappa shape index (κ3) is 3.16. The van der Waals surface area contributed by atoms with Crippen LogP contribution in [0.2, 0.25) is 0 Å². The van der Waals surface area contributed by atoms with Crippen LogP contribution in [0.1, 0.15) is 34.6 Å². The Hall–Kier alpha value is -0.120. The van der Waals surface area contributed by atoms with Crippen molar-refractivity contribution in [2.75, 3.05) is 32.7 Å². The molecule has 0 aliphatic carbocycles. The Balaban J connectivity index is 2.50. The normalized spacial score (nSPS) is 22.0. The molecule has 0 saturated carbocycles. The maximum Gasteiger partial charge on any atom is 0.0276 e. The van der Waals surface area contributed by atoms with Crippen LogP contribution in [0.25, 0.3) is 0 Å². The summed E-state index contributed by atoms with van der Waals surface area (Å²) in [5, 5.41) is 0. The first kappa shape index (κ1) is 12.9. The molecule has 1 saturated heterocycles. The second-order valence-electron chi connectivity index (χ2n) is 6.16. The SMILES string of the molecule is CC(C)(C)N1CCN(C(C)(C)CN)CC1. The molecule has 1 aliphatic heterocycles. The van der Waals surface area contributed by atoms with Gasteiger partial charge in [-0.25, -0.2) is 0 Å². The van der Waals surface area contributed by atoms with Gasteiger partial charge in [0.15, 0.2) is 0 Å². The maximum absolute atomic E-state index is 5.80. The fourth-order valence-electron chi connectivity index (χ4n) is 2.11. The van der Waals surface area contributed by atoms with Crippen LogP contribution in [0.3, 0.4) is 0 Å². The van der Waals surface area contributed by atoms with Gasteiger partial charge in [-0.15, -0.1) is 0 Å². The van der Waals surface area contributed by atoms with Crippen molar-refractivity contribution >= 4 is 0 Å². The monoisotopic (exact) mass is 213 g/mol. The van der Waals surface area contributed by atoms with Crippen molar-refractivity contribution in [3.63, 3.8) is 0 Å². The Morgan fingerprint density at radius 3 is 1.60 bits per heavy atom. The van der Waals surface area contributed by atoms with Crippen LogP contribution < -0.4 is 5.73 Å². The number of rotatable bonds is 2. The highest BCUT2D eigenvalue weighted by atomic mass is 15.3. The molecule has 0 aromatic heterocycles. The molecule has 0 unspecified atom stereocenters. The van der Waals surface area contributed by atoms with Crippen molar-refractivity contribution < 1.29 is 0 Å². The minimum atomic E-state index is 0.157. The molecule has 1 heterocycles. The first-order chi connectivity index (χ1) is 6.77. The molecule has 1 aliphatic rings. The first-order valence-corrected chi connectivity index (χ1v) is 5.97. The summed E-state index contributed by atoms with van der Waals surface area (Å²) in [5.41, 5.74) is 6.26. The van der Waals surface area contributed by atoms with E-state index < -0.39 is 0 Å². The van der Waals surface area contributed by atoms with Crippen LogP contribution in [0.15, 0.2) is 0 Å². The lowest BCUT2D eigenvalue weighted by atomic mass is 10.00. The molecule has 3 heteroatoms. The van der Waals surface area contributed by atoms with Crippen LogP contribution in [0.5, 0.6) is 0 Å². The molecular weight excluding hydrogens is 186 g/mol. The summed E-state index contributed by atoms with van der Waals surface area (Å²) in [6.45, 7) is 16.7. The van der Waals surface area contributed by atoms with Crippen LogP contribution in [0, 0.1) is 0 Å². The Kier molecular flexibility index (Phi) is 3.80. The fraction of sp³-hybridized carbons (Fsp3) is 1.00. The van der Waals surface area contributed by atoms with Gasteiger partial charge in [0.1, 0.15) is 0 Å². The average Bonchev–Trinajstić information content (AvgIpc) is 2.17. The Morgan fingerprint density at radius 2 is 1.27 bits per heavy atom. The number of nitrogens with two attached hydrogens (primary N) is 1. The molecule has 0 spiro atoms. The summed E-state index contributed by atoms with van der Waals surface area (Å²) >= 11 is 0. The third-order valence-electron chi connectivity index (χ3n) is 3.58. The van der Waals surface area contributed by atoms with Crippen molar-refractivity contribution in [1.29, 1.82) is 0 Å². The van der Waals surface area contributed by atoms with Crippen molar-refractivity contribution in [1.82, 2.24) is 9.80 Å². The van der Waals surface area contributed by atoms with Gasteiger partial charge in [0.2, 0.25) is 0 Å². The molecule has 0 radical (unpaired) electrons. The van der Waals surface area contributed by atoms with Crippen molar-refractivity contribution in [3.8, 4) is 0 Å². The van der Waals surface area contributed by atoms with E-state index in [0.29, 0.717) is 5.54 Å². The van der Waals surface area contributed by atoms with Gasteiger partial charge in [0.25, 0.3) is 0 Å². The zero-order valence-corrected chi connectivity index (χ0v) is 11.0. The van der Waals surface area contributed by atoms with E-state index >= 15 is 0 Å². The largest absolute Gasteiger partial charge is 0.329 e. The van der Waals surface area contributed by atoms with Gasteiger partial charge in [-0.1, -0.05) is 0 Å². The molecule has 90 valence electrons. The lowest BCUT2D eigenvalue weighted by Crippen LogP contribution is -2.60. The van der Waals surface area contributed by atoms with Crippen molar-refractivity contribution in [3.05, 3.63) is 0 Å². The topological polar surface area (TPSA) is 32.5 Å². The molecular formula is C12H27N3. The summed E-state index contributed by atoms with van der Waals surface area (Å²) in [6, 6.07) is 0. The molecule has 0 bridgehead atoms.